The number of hydrogen-bond donors (Lipinski definition) is 2. The molecule has 1 aromatic carbocycles. The molecule has 1 amide bonds. The van der Waals surface area contributed by atoms with Crippen LogP contribution in [-0.4, -0.2) is 34.6 Å². The van der Waals surface area contributed by atoms with Crippen LogP contribution in [-0.2, 0) is 4.79 Å². The Morgan fingerprint density at radius 2 is 2.04 bits per heavy atom. The zero-order valence-corrected chi connectivity index (χ0v) is 15.6. The summed E-state index contributed by atoms with van der Waals surface area (Å²) in [6, 6.07) is 6.69. The Morgan fingerprint density at radius 1 is 1.35 bits per heavy atom. The van der Waals surface area contributed by atoms with Crippen molar-refractivity contribution in [3.8, 4) is 16.3 Å². The molecule has 1 aliphatic rings. The number of carbonyl (C=O) groups is 2. The molecule has 1 heterocycles. The molecular weight excluding hydrogens is 352 g/mol. The lowest BCUT2D eigenvalue weighted by molar-refractivity contribution is -0.139. The number of nitrogens with zero attached hydrogens (tertiary/aromatic N) is 1. The van der Waals surface area contributed by atoms with Crippen LogP contribution in [0.3, 0.4) is 0 Å². The first-order chi connectivity index (χ1) is 12.5. The van der Waals surface area contributed by atoms with Gasteiger partial charge in [-0.15, -0.1) is 11.3 Å². The van der Waals surface area contributed by atoms with Crippen LogP contribution >= 0.6 is 11.3 Å². The van der Waals surface area contributed by atoms with Crippen molar-refractivity contribution in [3.63, 3.8) is 0 Å². The number of rotatable bonds is 8. The van der Waals surface area contributed by atoms with Gasteiger partial charge in [0.15, 0.2) is 0 Å². The van der Waals surface area contributed by atoms with Crippen molar-refractivity contribution in [2.45, 2.75) is 39.2 Å². The number of ether oxygens (including phenoxy) is 1. The molecular formula is C19H22N2O4S. The van der Waals surface area contributed by atoms with Gasteiger partial charge in [0.05, 0.1) is 12.3 Å². The van der Waals surface area contributed by atoms with Gasteiger partial charge in [-0.2, -0.15) is 0 Å². The maximum Gasteiger partial charge on any atom is 0.326 e. The average Bonchev–Trinajstić information content (AvgIpc) is 3.34. The van der Waals surface area contributed by atoms with Gasteiger partial charge in [-0.1, -0.05) is 12.8 Å². The number of thiazole rings is 1. The van der Waals surface area contributed by atoms with Gasteiger partial charge in [-0.05, 0) is 50.5 Å². The number of benzene rings is 1. The topological polar surface area (TPSA) is 88.5 Å². The molecule has 1 aliphatic carbocycles. The number of carboxylic acids is 1. The van der Waals surface area contributed by atoms with Gasteiger partial charge in [-0.25, -0.2) is 9.78 Å². The quantitative estimate of drug-likeness (QED) is 0.738. The van der Waals surface area contributed by atoms with Gasteiger partial charge >= 0.3 is 5.97 Å². The van der Waals surface area contributed by atoms with Crippen LogP contribution in [0.25, 0.3) is 10.6 Å². The minimum atomic E-state index is -0.987. The van der Waals surface area contributed by atoms with Crippen molar-refractivity contribution in [3.05, 3.63) is 34.8 Å². The highest BCUT2D eigenvalue weighted by atomic mass is 32.1. The van der Waals surface area contributed by atoms with Crippen LogP contribution in [0.5, 0.6) is 5.75 Å². The Kier molecular flexibility index (Phi) is 5.56. The minimum absolute atomic E-state index is 0.370. The molecule has 2 aromatic rings. The van der Waals surface area contributed by atoms with Crippen molar-refractivity contribution in [2.75, 3.05) is 6.61 Å². The van der Waals surface area contributed by atoms with Crippen LogP contribution in [0.4, 0.5) is 0 Å². The number of nitrogens with one attached hydrogen (secondary N) is 1. The predicted octanol–water partition coefficient (Wildman–Crippen LogP) is 3.50. The molecule has 1 fully saturated rings. The summed E-state index contributed by atoms with van der Waals surface area (Å²) < 4.78 is 5.43. The third kappa shape index (κ3) is 4.40. The number of amides is 1. The monoisotopic (exact) mass is 374 g/mol. The summed E-state index contributed by atoms with van der Waals surface area (Å²) in [4.78, 5) is 28.9. The van der Waals surface area contributed by atoms with Gasteiger partial charge in [0.25, 0.3) is 5.91 Å². The maximum absolute atomic E-state index is 12.5. The Hall–Kier alpha value is -2.41. The molecule has 138 valence electrons. The fourth-order valence-corrected chi connectivity index (χ4v) is 3.70. The largest absolute Gasteiger partial charge is 0.494 e. The van der Waals surface area contributed by atoms with E-state index in [9.17, 15) is 14.7 Å². The van der Waals surface area contributed by atoms with E-state index in [2.05, 4.69) is 10.3 Å². The molecule has 0 saturated heterocycles. The van der Waals surface area contributed by atoms with Crippen molar-refractivity contribution in [1.82, 2.24) is 10.3 Å². The first kappa shape index (κ1) is 18.4. The van der Waals surface area contributed by atoms with Crippen LogP contribution in [0, 0.1) is 12.8 Å². The molecule has 1 atom stereocenters. The van der Waals surface area contributed by atoms with E-state index in [-0.39, 0.29) is 5.91 Å². The van der Waals surface area contributed by atoms with E-state index in [4.69, 9.17) is 4.74 Å². The van der Waals surface area contributed by atoms with Crippen LogP contribution in [0.2, 0.25) is 0 Å². The first-order valence-corrected chi connectivity index (χ1v) is 9.54. The molecule has 0 radical (unpaired) electrons. The molecule has 0 aliphatic heterocycles. The van der Waals surface area contributed by atoms with Crippen molar-refractivity contribution in [2.24, 2.45) is 5.92 Å². The summed E-state index contributed by atoms with van der Waals surface area (Å²) in [6.45, 7) is 4.29. The van der Waals surface area contributed by atoms with E-state index in [0.29, 0.717) is 29.5 Å². The molecule has 1 unspecified atom stereocenters. The Balaban J connectivity index is 1.73. The molecule has 2 N–H and O–H groups in total. The van der Waals surface area contributed by atoms with Crippen molar-refractivity contribution in [1.29, 1.82) is 0 Å². The van der Waals surface area contributed by atoms with Crippen LogP contribution in [0.1, 0.15) is 41.6 Å². The van der Waals surface area contributed by atoms with Gasteiger partial charge in [0.2, 0.25) is 0 Å². The fraction of sp³-hybridized carbons (Fsp3) is 0.421. The number of aryl methyl sites for hydroxylation is 1. The second-order valence-corrected chi connectivity index (χ2v) is 7.43. The average molecular weight is 374 g/mol. The maximum atomic E-state index is 12.5. The van der Waals surface area contributed by atoms with Crippen LogP contribution < -0.4 is 10.1 Å². The highest BCUT2D eigenvalue weighted by Gasteiger charge is 2.31. The molecule has 1 saturated carbocycles. The normalized spacial score (nSPS) is 14.7. The second kappa shape index (κ2) is 7.86. The van der Waals surface area contributed by atoms with Gasteiger partial charge < -0.3 is 15.2 Å². The summed E-state index contributed by atoms with van der Waals surface area (Å²) in [5.41, 5.74) is 1.50. The zero-order valence-electron chi connectivity index (χ0n) is 14.8. The highest BCUT2D eigenvalue weighted by molar-refractivity contribution is 7.17. The van der Waals surface area contributed by atoms with E-state index in [1.807, 2.05) is 31.2 Å². The Bertz CT molecular complexity index is 796. The number of carbonyl (C=O) groups excluding carboxylic acids is 1. The SMILES string of the molecule is CCOc1ccc(-c2nc(C)c(C(=O)NC(CC3CC3)C(=O)O)s2)cc1. The van der Waals surface area contributed by atoms with E-state index in [1.54, 1.807) is 6.92 Å². The summed E-state index contributed by atoms with van der Waals surface area (Å²) in [5, 5.41) is 12.7. The van der Waals surface area contributed by atoms with E-state index in [0.717, 1.165) is 29.2 Å². The standard InChI is InChI=1S/C19H22N2O4S/c1-3-25-14-8-6-13(7-9-14)18-20-11(2)16(26-18)17(22)21-15(19(23)24)10-12-4-5-12/h6-9,12,15H,3-5,10H2,1-2H3,(H,21,22)(H,23,24). The molecule has 3 rings (SSSR count). The molecule has 26 heavy (non-hydrogen) atoms. The molecule has 7 heteroatoms. The zero-order chi connectivity index (χ0) is 18.7. The van der Waals surface area contributed by atoms with Gasteiger partial charge in [0, 0.05) is 5.56 Å². The van der Waals surface area contributed by atoms with Crippen LogP contribution in [0.15, 0.2) is 24.3 Å². The number of aromatic nitrogens is 1. The lowest BCUT2D eigenvalue weighted by atomic mass is 10.1. The molecule has 0 bridgehead atoms. The predicted molar refractivity (Wildman–Crippen MR) is 99.7 cm³/mol. The number of hydrogen-bond acceptors (Lipinski definition) is 5. The van der Waals surface area contributed by atoms with Gasteiger partial charge in [-0.3, -0.25) is 4.79 Å². The third-order valence-corrected chi connectivity index (χ3v) is 5.49. The number of carboxylic acid groups (broad SMARTS) is 1. The van der Waals surface area contributed by atoms with E-state index in [1.165, 1.54) is 11.3 Å². The third-order valence-electron chi connectivity index (χ3n) is 4.28. The lowest BCUT2D eigenvalue weighted by Crippen LogP contribution is -2.41. The lowest BCUT2D eigenvalue weighted by Gasteiger charge is -2.13. The fourth-order valence-electron chi connectivity index (χ4n) is 2.72. The van der Waals surface area contributed by atoms with E-state index < -0.39 is 12.0 Å². The summed E-state index contributed by atoms with van der Waals surface area (Å²) >= 11 is 1.27. The summed E-state index contributed by atoms with van der Waals surface area (Å²) in [7, 11) is 0. The second-order valence-electron chi connectivity index (χ2n) is 6.43. The van der Waals surface area contributed by atoms with E-state index >= 15 is 0 Å². The van der Waals surface area contributed by atoms with Crippen molar-refractivity contribution < 1.29 is 19.4 Å². The summed E-state index contributed by atoms with van der Waals surface area (Å²) in [5.74, 6) is -0.158. The Morgan fingerprint density at radius 3 is 2.62 bits per heavy atom. The molecule has 0 spiro atoms. The minimum Gasteiger partial charge on any atom is -0.494 e. The van der Waals surface area contributed by atoms with Crippen molar-refractivity contribution >= 4 is 23.2 Å². The van der Waals surface area contributed by atoms with Gasteiger partial charge in [0.1, 0.15) is 21.7 Å². The highest BCUT2D eigenvalue weighted by Crippen LogP contribution is 2.34. The molecule has 6 nitrogen and oxygen atoms in total. The Labute approximate surface area is 156 Å². The molecule has 1 aromatic heterocycles. The number of aliphatic carboxylic acids is 1. The summed E-state index contributed by atoms with van der Waals surface area (Å²) in [6.07, 6.45) is 2.58. The first-order valence-electron chi connectivity index (χ1n) is 8.72. The smallest absolute Gasteiger partial charge is 0.326 e.